The number of aliphatic hydroxyl groups is 1. The number of rotatable bonds is 4. The Kier molecular flexibility index (Phi) is 4.48. The summed E-state index contributed by atoms with van der Waals surface area (Å²) in [4.78, 5) is 2.31. The van der Waals surface area contributed by atoms with Gasteiger partial charge in [-0.25, -0.2) is 0 Å². The van der Waals surface area contributed by atoms with E-state index in [0.717, 1.165) is 18.7 Å². The topological polar surface area (TPSA) is 32.7 Å². The van der Waals surface area contributed by atoms with E-state index in [0.29, 0.717) is 0 Å². The summed E-state index contributed by atoms with van der Waals surface area (Å²) in [7, 11) is 0. The van der Waals surface area contributed by atoms with Gasteiger partial charge in [0.25, 0.3) is 0 Å². The largest absolute Gasteiger partial charge is 0.491 e. The molecule has 1 aliphatic heterocycles. The summed E-state index contributed by atoms with van der Waals surface area (Å²) in [5.41, 5.74) is 1.19. The van der Waals surface area contributed by atoms with E-state index in [9.17, 15) is 5.11 Å². The summed E-state index contributed by atoms with van der Waals surface area (Å²) in [6.07, 6.45) is 3.72. The molecule has 0 saturated carbocycles. The van der Waals surface area contributed by atoms with Crippen LogP contribution in [0.3, 0.4) is 0 Å². The molecule has 1 unspecified atom stereocenters. The van der Waals surface area contributed by atoms with Crippen molar-refractivity contribution in [3.8, 4) is 5.75 Å². The van der Waals surface area contributed by atoms with Crippen molar-refractivity contribution in [2.75, 3.05) is 18.1 Å². The number of nitrogens with zero attached hydrogens (tertiary/aromatic N) is 1. The zero-order chi connectivity index (χ0) is 13.0. The lowest BCUT2D eigenvalue weighted by molar-refractivity contribution is 0.239. The molecule has 0 bridgehead atoms. The fourth-order valence-corrected chi connectivity index (χ4v) is 2.52. The van der Waals surface area contributed by atoms with Crippen molar-refractivity contribution in [1.29, 1.82) is 0 Å². The zero-order valence-corrected chi connectivity index (χ0v) is 11.3. The predicted octanol–water partition coefficient (Wildman–Crippen LogP) is 2.83. The molecular weight excluding hydrogens is 226 g/mol. The van der Waals surface area contributed by atoms with Crippen LogP contribution in [0.1, 0.15) is 33.1 Å². The first-order valence-corrected chi connectivity index (χ1v) is 6.85. The molecule has 1 atom stereocenters. The molecule has 1 saturated heterocycles. The monoisotopic (exact) mass is 249 g/mol. The lowest BCUT2D eigenvalue weighted by Gasteiger charge is -2.36. The first-order chi connectivity index (χ1) is 8.70. The predicted molar refractivity (Wildman–Crippen MR) is 74.3 cm³/mol. The molecule has 2 rings (SSSR count). The minimum absolute atomic E-state index is 0.205. The van der Waals surface area contributed by atoms with E-state index >= 15 is 0 Å². The smallest absolute Gasteiger partial charge is 0.119 e. The Bertz CT molecular complexity index is 361. The molecule has 1 aromatic rings. The van der Waals surface area contributed by atoms with E-state index in [1.54, 1.807) is 0 Å². The Morgan fingerprint density at radius 3 is 2.61 bits per heavy atom. The van der Waals surface area contributed by atoms with Crippen molar-refractivity contribution in [3.63, 3.8) is 0 Å². The summed E-state index contributed by atoms with van der Waals surface area (Å²) in [5, 5.41) is 9.43. The Labute approximate surface area is 109 Å². The summed E-state index contributed by atoms with van der Waals surface area (Å²) in [6, 6.07) is 8.48. The van der Waals surface area contributed by atoms with E-state index in [1.165, 1.54) is 18.5 Å². The van der Waals surface area contributed by atoms with Crippen molar-refractivity contribution in [2.45, 2.75) is 45.3 Å². The minimum atomic E-state index is 0.205. The molecule has 1 aromatic carbocycles. The second-order valence-corrected chi connectivity index (χ2v) is 5.19. The van der Waals surface area contributed by atoms with Gasteiger partial charge in [-0.15, -0.1) is 0 Å². The van der Waals surface area contributed by atoms with Crippen LogP contribution in [0.15, 0.2) is 24.3 Å². The van der Waals surface area contributed by atoms with E-state index in [4.69, 9.17) is 4.74 Å². The first-order valence-electron chi connectivity index (χ1n) is 6.85. The Balaban J connectivity index is 2.07. The van der Waals surface area contributed by atoms with Gasteiger partial charge in [0.2, 0.25) is 0 Å². The Hall–Kier alpha value is -1.22. The summed E-state index contributed by atoms with van der Waals surface area (Å²) in [6.45, 7) is 5.33. The maximum absolute atomic E-state index is 9.43. The molecule has 100 valence electrons. The van der Waals surface area contributed by atoms with Gasteiger partial charge < -0.3 is 14.7 Å². The van der Waals surface area contributed by atoms with Crippen LogP contribution in [-0.2, 0) is 0 Å². The fraction of sp³-hybridized carbons (Fsp3) is 0.600. The third-order valence-corrected chi connectivity index (χ3v) is 3.38. The summed E-state index contributed by atoms with van der Waals surface area (Å²) in [5.74, 6) is 0.909. The van der Waals surface area contributed by atoms with Crippen molar-refractivity contribution < 1.29 is 9.84 Å². The van der Waals surface area contributed by atoms with E-state index in [-0.39, 0.29) is 18.8 Å². The third-order valence-electron chi connectivity index (χ3n) is 3.38. The lowest BCUT2D eigenvalue weighted by atomic mass is 10.0. The number of aliphatic hydroxyl groups excluding tert-OH is 1. The SMILES string of the molecule is CC(C)Oc1ccc(N2CCCCC2CO)cc1. The van der Waals surface area contributed by atoms with Gasteiger partial charge in [0, 0.05) is 12.2 Å². The number of benzene rings is 1. The second kappa shape index (κ2) is 6.10. The first kappa shape index (κ1) is 13.2. The number of hydrogen-bond donors (Lipinski definition) is 1. The maximum Gasteiger partial charge on any atom is 0.119 e. The molecule has 1 aliphatic rings. The van der Waals surface area contributed by atoms with Crippen LogP contribution in [0.25, 0.3) is 0 Å². The highest BCUT2D eigenvalue weighted by molar-refractivity contribution is 5.50. The molecule has 0 amide bonds. The normalized spacial score (nSPS) is 20.2. The molecule has 1 N–H and O–H groups in total. The molecule has 1 heterocycles. The van der Waals surface area contributed by atoms with Gasteiger partial charge in [0.1, 0.15) is 5.75 Å². The number of anilines is 1. The van der Waals surface area contributed by atoms with Crippen molar-refractivity contribution in [2.24, 2.45) is 0 Å². The minimum Gasteiger partial charge on any atom is -0.491 e. The molecule has 0 spiro atoms. The average Bonchev–Trinajstić information content (AvgIpc) is 2.39. The Morgan fingerprint density at radius 1 is 1.28 bits per heavy atom. The van der Waals surface area contributed by atoms with Crippen LogP contribution in [0.2, 0.25) is 0 Å². The third kappa shape index (κ3) is 3.16. The standard InChI is InChI=1S/C15H23NO2/c1-12(2)18-15-8-6-13(7-9-15)16-10-4-3-5-14(16)11-17/h6-9,12,14,17H,3-5,10-11H2,1-2H3. The highest BCUT2D eigenvalue weighted by atomic mass is 16.5. The number of hydrogen-bond acceptors (Lipinski definition) is 3. The molecular formula is C15H23NO2. The van der Waals surface area contributed by atoms with Gasteiger partial charge in [-0.1, -0.05) is 0 Å². The van der Waals surface area contributed by atoms with Crippen LogP contribution in [0, 0.1) is 0 Å². The van der Waals surface area contributed by atoms with E-state index in [2.05, 4.69) is 17.0 Å². The molecule has 3 heteroatoms. The number of ether oxygens (including phenoxy) is 1. The van der Waals surface area contributed by atoms with Crippen LogP contribution in [0.4, 0.5) is 5.69 Å². The maximum atomic E-state index is 9.43. The van der Waals surface area contributed by atoms with Gasteiger partial charge in [-0.3, -0.25) is 0 Å². The lowest BCUT2D eigenvalue weighted by Crippen LogP contribution is -2.41. The molecule has 0 aliphatic carbocycles. The highest BCUT2D eigenvalue weighted by Gasteiger charge is 2.21. The molecule has 0 radical (unpaired) electrons. The molecule has 3 nitrogen and oxygen atoms in total. The van der Waals surface area contributed by atoms with Gasteiger partial charge >= 0.3 is 0 Å². The second-order valence-electron chi connectivity index (χ2n) is 5.19. The van der Waals surface area contributed by atoms with Crippen molar-refractivity contribution >= 4 is 5.69 Å². The van der Waals surface area contributed by atoms with Gasteiger partial charge in [-0.05, 0) is 57.4 Å². The van der Waals surface area contributed by atoms with Gasteiger partial charge in [0.15, 0.2) is 0 Å². The van der Waals surface area contributed by atoms with Crippen LogP contribution in [0.5, 0.6) is 5.75 Å². The summed E-state index contributed by atoms with van der Waals surface area (Å²) >= 11 is 0. The quantitative estimate of drug-likeness (QED) is 0.890. The summed E-state index contributed by atoms with van der Waals surface area (Å²) < 4.78 is 5.64. The Morgan fingerprint density at radius 2 is 2.00 bits per heavy atom. The van der Waals surface area contributed by atoms with E-state index < -0.39 is 0 Å². The fourth-order valence-electron chi connectivity index (χ4n) is 2.52. The van der Waals surface area contributed by atoms with E-state index in [1.807, 2.05) is 26.0 Å². The van der Waals surface area contributed by atoms with Crippen LogP contribution in [-0.4, -0.2) is 30.4 Å². The van der Waals surface area contributed by atoms with Gasteiger partial charge in [0.05, 0.1) is 18.8 Å². The van der Waals surface area contributed by atoms with Gasteiger partial charge in [-0.2, -0.15) is 0 Å². The molecule has 1 fully saturated rings. The van der Waals surface area contributed by atoms with Crippen LogP contribution >= 0.6 is 0 Å². The average molecular weight is 249 g/mol. The molecule has 0 aromatic heterocycles. The zero-order valence-electron chi connectivity index (χ0n) is 11.3. The van der Waals surface area contributed by atoms with Crippen molar-refractivity contribution in [1.82, 2.24) is 0 Å². The number of piperidine rings is 1. The van der Waals surface area contributed by atoms with Crippen LogP contribution < -0.4 is 9.64 Å². The highest BCUT2D eigenvalue weighted by Crippen LogP contribution is 2.26. The molecule has 18 heavy (non-hydrogen) atoms. The van der Waals surface area contributed by atoms with Crippen molar-refractivity contribution in [3.05, 3.63) is 24.3 Å².